The third-order valence-electron chi connectivity index (χ3n) is 2.79. The molecule has 0 saturated carbocycles. The molecule has 6 nitrogen and oxygen atoms in total. The summed E-state index contributed by atoms with van der Waals surface area (Å²) in [7, 11) is -2.16. The van der Waals surface area contributed by atoms with Crippen LogP contribution in [0.3, 0.4) is 0 Å². The number of aromatic nitrogens is 2. The van der Waals surface area contributed by atoms with Crippen molar-refractivity contribution < 1.29 is 18.3 Å². The summed E-state index contributed by atoms with van der Waals surface area (Å²) < 4.78 is 25.8. The first-order valence-electron chi connectivity index (χ1n) is 5.54. The number of halogens is 1. The fourth-order valence-corrected chi connectivity index (χ4v) is 3.26. The Kier molecular flexibility index (Phi) is 3.82. The van der Waals surface area contributed by atoms with Crippen LogP contribution in [-0.4, -0.2) is 29.3 Å². The number of aryl methyl sites for hydroxylation is 1. The molecule has 0 spiro atoms. The van der Waals surface area contributed by atoms with E-state index < -0.39 is 21.6 Å². The lowest BCUT2D eigenvalue weighted by Crippen LogP contribution is -2.12. The molecule has 0 unspecified atom stereocenters. The minimum absolute atomic E-state index is 0.0828. The van der Waals surface area contributed by atoms with E-state index in [1.807, 2.05) is 0 Å². The number of hydrogen-bond acceptors (Lipinski definition) is 4. The van der Waals surface area contributed by atoms with Gasteiger partial charge in [-0.2, -0.15) is 5.10 Å². The summed E-state index contributed by atoms with van der Waals surface area (Å²) >= 11 is 5.71. The Morgan fingerprint density at radius 1 is 1.35 bits per heavy atom. The third-order valence-corrected chi connectivity index (χ3v) is 4.69. The molecule has 0 aliphatic heterocycles. The van der Waals surface area contributed by atoms with E-state index in [0.717, 1.165) is 6.20 Å². The van der Waals surface area contributed by atoms with Crippen molar-refractivity contribution in [2.45, 2.75) is 10.6 Å². The van der Waals surface area contributed by atoms with Gasteiger partial charge in [-0.25, -0.2) is 13.2 Å². The van der Waals surface area contributed by atoms with Gasteiger partial charge < -0.3 is 5.11 Å². The largest absolute Gasteiger partial charge is 0.478 e. The van der Waals surface area contributed by atoms with Crippen LogP contribution in [0.1, 0.15) is 16.1 Å². The molecular formula is C12H11ClN2O4S. The van der Waals surface area contributed by atoms with Crippen LogP contribution < -0.4 is 0 Å². The first-order valence-corrected chi connectivity index (χ1v) is 7.57. The minimum Gasteiger partial charge on any atom is -0.478 e. The summed E-state index contributed by atoms with van der Waals surface area (Å²) in [5, 5.41) is 13.2. The predicted octanol–water partition coefficient (Wildman–Crippen LogP) is 1.75. The van der Waals surface area contributed by atoms with Crippen LogP contribution >= 0.6 is 11.6 Å². The number of carbonyl (C=O) groups is 1. The Balaban J connectivity index is 2.41. The van der Waals surface area contributed by atoms with E-state index in [9.17, 15) is 13.2 Å². The van der Waals surface area contributed by atoms with Gasteiger partial charge in [0.2, 0.25) is 0 Å². The molecular weight excluding hydrogens is 304 g/mol. The smallest absolute Gasteiger partial charge is 0.339 e. The molecule has 0 amide bonds. The molecule has 0 atom stereocenters. The van der Waals surface area contributed by atoms with Crippen LogP contribution in [0.4, 0.5) is 0 Å². The van der Waals surface area contributed by atoms with Crippen molar-refractivity contribution in [2.24, 2.45) is 7.05 Å². The summed E-state index contributed by atoms with van der Waals surface area (Å²) in [6.45, 7) is 0. The molecule has 0 radical (unpaired) electrons. The molecule has 2 rings (SSSR count). The zero-order chi connectivity index (χ0) is 14.9. The molecule has 20 heavy (non-hydrogen) atoms. The van der Waals surface area contributed by atoms with Crippen molar-refractivity contribution in [3.63, 3.8) is 0 Å². The number of carboxylic acids is 1. The van der Waals surface area contributed by atoms with Crippen molar-refractivity contribution in [2.75, 3.05) is 0 Å². The number of hydrogen-bond donors (Lipinski definition) is 1. The van der Waals surface area contributed by atoms with Gasteiger partial charge in [0.05, 0.1) is 22.5 Å². The van der Waals surface area contributed by atoms with E-state index in [-0.39, 0.29) is 16.2 Å². The van der Waals surface area contributed by atoms with Crippen molar-refractivity contribution in [3.8, 4) is 0 Å². The molecule has 106 valence electrons. The SMILES string of the molecule is Cn1ncc(C(=O)O)c1CS(=O)(=O)c1ccc(Cl)cc1. The molecule has 2 aromatic rings. The Morgan fingerprint density at radius 2 is 1.95 bits per heavy atom. The van der Waals surface area contributed by atoms with E-state index >= 15 is 0 Å². The predicted molar refractivity (Wildman–Crippen MR) is 72.5 cm³/mol. The highest BCUT2D eigenvalue weighted by Gasteiger charge is 2.23. The number of rotatable bonds is 4. The zero-order valence-electron chi connectivity index (χ0n) is 10.4. The standard InChI is InChI=1S/C12H11ClN2O4S/c1-15-11(10(6-14-15)12(16)17)7-20(18,19)9-4-2-8(13)3-5-9/h2-6H,7H2,1H3,(H,16,17). The van der Waals surface area contributed by atoms with Crippen LogP contribution in [0.25, 0.3) is 0 Å². The third kappa shape index (κ3) is 2.83. The molecule has 1 heterocycles. The Labute approximate surface area is 120 Å². The second-order valence-electron chi connectivity index (χ2n) is 4.15. The van der Waals surface area contributed by atoms with Crippen LogP contribution in [0.2, 0.25) is 5.02 Å². The number of benzene rings is 1. The van der Waals surface area contributed by atoms with Gasteiger partial charge in [-0.15, -0.1) is 0 Å². The maximum Gasteiger partial charge on any atom is 0.339 e. The van der Waals surface area contributed by atoms with Crippen LogP contribution in [-0.2, 0) is 22.6 Å². The molecule has 0 fully saturated rings. The summed E-state index contributed by atoms with van der Waals surface area (Å²) in [6, 6.07) is 5.70. The van der Waals surface area contributed by atoms with Crippen molar-refractivity contribution in [1.82, 2.24) is 9.78 Å². The normalized spacial score (nSPS) is 11.5. The van der Waals surface area contributed by atoms with Gasteiger partial charge in [-0.1, -0.05) is 11.6 Å². The maximum atomic E-state index is 12.3. The molecule has 0 aliphatic rings. The molecule has 1 aromatic carbocycles. The molecule has 1 aromatic heterocycles. The van der Waals surface area contributed by atoms with Gasteiger partial charge in [0.25, 0.3) is 0 Å². The minimum atomic E-state index is -3.66. The summed E-state index contributed by atoms with van der Waals surface area (Å²) in [5.41, 5.74) is 0.0116. The molecule has 0 aliphatic carbocycles. The van der Waals surface area contributed by atoms with Crippen molar-refractivity contribution in [3.05, 3.63) is 46.7 Å². The van der Waals surface area contributed by atoms with Gasteiger partial charge in [0.15, 0.2) is 9.84 Å². The molecule has 8 heteroatoms. The first-order chi connectivity index (χ1) is 9.31. The number of aromatic carboxylic acids is 1. The highest BCUT2D eigenvalue weighted by Crippen LogP contribution is 2.20. The van der Waals surface area contributed by atoms with E-state index in [1.165, 1.54) is 36.0 Å². The molecule has 1 N–H and O–H groups in total. The average molecular weight is 315 g/mol. The molecule has 0 bridgehead atoms. The fraction of sp³-hybridized carbons (Fsp3) is 0.167. The second-order valence-corrected chi connectivity index (χ2v) is 6.57. The number of carboxylic acid groups (broad SMARTS) is 1. The second kappa shape index (κ2) is 5.26. The van der Waals surface area contributed by atoms with Crippen molar-refractivity contribution in [1.29, 1.82) is 0 Å². The van der Waals surface area contributed by atoms with Gasteiger partial charge in [0, 0.05) is 12.1 Å². The first kappa shape index (κ1) is 14.5. The van der Waals surface area contributed by atoms with Crippen molar-refractivity contribution >= 4 is 27.4 Å². The van der Waals surface area contributed by atoms with E-state index in [1.54, 1.807) is 0 Å². The summed E-state index contributed by atoms with van der Waals surface area (Å²) in [6.07, 6.45) is 1.13. The lowest BCUT2D eigenvalue weighted by molar-refractivity contribution is 0.0696. The monoisotopic (exact) mass is 314 g/mol. The fourth-order valence-electron chi connectivity index (χ4n) is 1.72. The Morgan fingerprint density at radius 3 is 2.50 bits per heavy atom. The van der Waals surface area contributed by atoms with Gasteiger partial charge in [0.1, 0.15) is 5.56 Å². The summed E-state index contributed by atoms with van der Waals surface area (Å²) in [5.74, 6) is -1.65. The lowest BCUT2D eigenvalue weighted by Gasteiger charge is -2.06. The molecule has 0 saturated heterocycles. The Hall–Kier alpha value is -1.86. The number of sulfone groups is 1. The highest BCUT2D eigenvalue weighted by atomic mass is 35.5. The van der Waals surface area contributed by atoms with Crippen LogP contribution in [0, 0.1) is 0 Å². The van der Waals surface area contributed by atoms with Gasteiger partial charge >= 0.3 is 5.97 Å². The van der Waals surface area contributed by atoms with E-state index in [0.29, 0.717) is 5.02 Å². The van der Waals surface area contributed by atoms with Crippen LogP contribution in [0.15, 0.2) is 35.4 Å². The lowest BCUT2D eigenvalue weighted by atomic mass is 10.3. The number of nitrogens with zero attached hydrogens (tertiary/aromatic N) is 2. The van der Waals surface area contributed by atoms with Gasteiger partial charge in [-0.3, -0.25) is 4.68 Å². The maximum absolute atomic E-state index is 12.3. The Bertz CT molecular complexity index is 750. The average Bonchev–Trinajstić information content (AvgIpc) is 2.71. The quantitative estimate of drug-likeness (QED) is 0.928. The highest BCUT2D eigenvalue weighted by molar-refractivity contribution is 7.90. The summed E-state index contributed by atoms with van der Waals surface area (Å²) in [4.78, 5) is 11.1. The van der Waals surface area contributed by atoms with Crippen LogP contribution in [0.5, 0.6) is 0 Å². The van der Waals surface area contributed by atoms with E-state index in [2.05, 4.69) is 5.10 Å². The van der Waals surface area contributed by atoms with E-state index in [4.69, 9.17) is 16.7 Å². The topological polar surface area (TPSA) is 89.3 Å². The zero-order valence-corrected chi connectivity index (χ0v) is 12.0. The van der Waals surface area contributed by atoms with Gasteiger partial charge in [-0.05, 0) is 24.3 Å².